The molecule has 0 aliphatic heterocycles. The third kappa shape index (κ3) is 2.83. The number of fused-ring (bicyclic) bond motifs is 1. The smallest absolute Gasteiger partial charge is 0.168 e. The van der Waals surface area contributed by atoms with Crippen LogP contribution in [0.3, 0.4) is 0 Å². The van der Waals surface area contributed by atoms with Crippen LogP contribution in [0.4, 0.5) is 0 Å². The molecule has 3 rings (SSSR count). The van der Waals surface area contributed by atoms with E-state index in [9.17, 15) is 5.11 Å². The first kappa shape index (κ1) is 13.8. The van der Waals surface area contributed by atoms with Gasteiger partial charge >= 0.3 is 0 Å². The highest BCUT2D eigenvalue weighted by Gasteiger charge is 2.12. The molecule has 0 saturated heterocycles. The molecule has 2 nitrogen and oxygen atoms in total. The van der Waals surface area contributed by atoms with Gasteiger partial charge in [-0.3, -0.25) is 0 Å². The van der Waals surface area contributed by atoms with Gasteiger partial charge in [0.05, 0.1) is 7.11 Å². The minimum Gasteiger partial charge on any atom is -0.504 e. The van der Waals surface area contributed by atoms with E-state index in [0.29, 0.717) is 5.75 Å². The van der Waals surface area contributed by atoms with Gasteiger partial charge in [0.2, 0.25) is 0 Å². The fraction of sp³-hybridized carbons (Fsp3) is 0.111. The van der Waals surface area contributed by atoms with Crippen molar-refractivity contribution in [3.63, 3.8) is 0 Å². The van der Waals surface area contributed by atoms with Gasteiger partial charge in [-0.25, -0.2) is 0 Å². The van der Waals surface area contributed by atoms with Gasteiger partial charge in [0.1, 0.15) is 0 Å². The van der Waals surface area contributed by atoms with Crippen LogP contribution in [-0.2, 0) is 5.75 Å². The van der Waals surface area contributed by atoms with Crippen LogP contribution < -0.4 is 4.74 Å². The third-order valence-corrected chi connectivity index (χ3v) is 4.51. The number of methoxy groups -OCH3 is 1. The lowest BCUT2D eigenvalue weighted by atomic mass is 10.1. The molecule has 21 heavy (non-hydrogen) atoms. The molecule has 0 radical (unpaired) electrons. The maximum atomic E-state index is 10.1. The average molecular weight is 296 g/mol. The summed E-state index contributed by atoms with van der Waals surface area (Å²) in [7, 11) is 1.58. The summed E-state index contributed by atoms with van der Waals surface area (Å²) in [5.41, 5.74) is 1.27. The number of aromatic hydroxyl groups is 1. The van der Waals surface area contributed by atoms with Crippen molar-refractivity contribution >= 4 is 22.5 Å². The zero-order chi connectivity index (χ0) is 14.7. The maximum Gasteiger partial charge on any atom is 0.168 e. The predicted octanol–water partition coefficient (Wildman–Crippen LogP) is 4.85. The van der Waals surface area contributed by atoms with Crippen molar-refractivity contribution in [2.75, 3.05) is 7.11 Å². The topological polar surface area (TPSA) is 29.5 Å². The van der Waals surface area contributed by atoms with Gasteiger partial charge in [0.15, 0.2) is 11.5 Å². The highest BCUT2D eigenvalue weighted by molar-refractivity contribution is 7.98. The standard InChI is InChI=1S/C18H16O2S/c1-20-18-15-10-6-5-9-14(15)17(11-16(18)19)21-12-13-7-3-2-4-8-13/h2-11,19H,12H2,1H3. The van der Waals surface area contributed by atoms with Crippen molar-refractivity contribution < 1.29 is 9.84 Å². The summed E-state index contributed by atoms with van der Waals surface area (Å²) in [4.78, 5) is 1.06. The highest BCUT2D eigenvalue weighted by atomic mass is 32.2. The van der Waals surface area contributed by atoms with Gasteiger partial charge < -0.3 is 9.84 Å². The summed E-state index contributed by atoms with van der Waals surface area (Å²) in [6, 6.07) is 20.1. The van der Waals surface area contributed by atoms with Crippen LogP contribution in [0.15, 0.2) is 65.6 Å². The molecule has 0 spiro atoms. The molecular weight excluding hydrogens is 280 g/mol. The van der Waals surface area contributed by atoms with Crippen LogP contribution in [0.5, 0.6) is 11.5 Å². The molecule has 0 fully saturated rings. The van der Waals surface area contributed by atoms with Crippen molar-refractivity contribution in [2.24, 2.45) is 0 Å². The van der Waals surface area contributed by atoms with E-state index in [1.807, 2.05) is 36.4 Å². The largest absolute Gasteiger partial charge is 0.504 e. The van der Waals surface area contributed by atoms with Crippen molar-refractivity contribution in [2.45, 2.75) is 10.6 Å². The SMILES string of the molecule is COc1c(O)cc(SCc2ccccc2)c2ccccc12. The molecule has 0 bridgehead atoms. The average Bonchev–Trinajstić information content (AvgIpc) is 2.54. The number of rotatable bonds is 4. The molecule has 0 atom stereocenters. The molecule has 3 aromatic rings. The fourth-order valence-corrected chi connectivity index (χ4v) is 3.41. The summed E-state index contributed by atoms with van der Waals surface area (Å²) < 4.78 is 5.32. The van der Waals surface area contributed by atoms with E-state index >= 15 is 0 Å². The minimum atomic E-state index is 0.187. The number of benzene rings is 3. The highest BCUT2D eigenvalue weighted by Crippen LogP contribution is 2.41. The third-order valence-electron chi connectivity index (χ3n) is 3.38. The number of thioether (sulfide) groups is 1. The number of hydrogen-bond donors (Lipinski definition) is 1. The summed E-state index contributed by atoms with van der Waals surface area (Å²) in [5, 5.41) is 12.2. The summed E-state index contributed by atoms with van der Waals surface area (Å²) in [6.07, 6.45) is 0. The van der Waals surface area contributed by atoms with Crippen LogP contribution in [0, 0.1) is 0 Å². The Bertz CT molecular complexity index is 754. The molecule has 0 heterocycles. The van der Waals surface area contributed by atoms with E-state index < -0.39 is 0 Å². The quantitative estimate of drug-likeness (QED) is 0.698. The monoisotopic (exact) mass is 296 g/mol. The van der Waals surface area contributed by atoms with Crippen molar-refractivity contribution in [1.82, 2.24) is 0 Å². The summed E-state index contributed by atoms with van der Waals surface area (Å²) >= 11 is 1.72. The maximum absolute atomic E-state index is 10.1. The molecule has 3 aromatic carbocycles. The van der Waals surface area contributed by atoms with Crippen LogP contribution >= 0.6 is 11.8 Å². The molecular formula is C18H16O2S. The minimum absolute atomic E-state index is 0.187. The second-order valence-corrected chi connectivity index (χ2v) is 5.76. The van der Waals surface area contributed by atoms with Crippen molar-refractivity contribution in [3.8, 4) is 11.5 Å². The normalized spacial score (nSPS) is 10.7. The summed E-state index contributed by atoms with van der Waals surface area (Å²) in [6.45, 7) is 0. The first-order chi connectivity index (χ1) is 10.3. The van der Waals surface area contributed by atoms with Gasteiger partial charge in [0.25, 0.3) is 0 Å². The molecule has 1 N–H and O–H groups in total. The Morgan fingerprint density at radius 2 is 1.62 bits per heavy atom. The van der Waals surface area contributed by atoms with E-state index in [2.05, 4.69) is 18.2 Å². The van der Waals surface area contributed by atoms with Crippen LogP contribution in [-0.4, -0.2) is 12.2 Å². The van der Waals surface area contributed by atoms with Gasteiger partial charge in [-0.2, -0.15) is 0 Å². The lowest BCUT2D eigenvalue weighted by Gasteiger charge is -2.12. The zero-order valence-corrected chi connectivity index (χ0v) is 12.6. The van der Waals surface area contributed by atoms with Gasteiger partial charge in [-0.1, -0.05) is 54.6 Å². The van der Waals surface area contributed by atoms with E-state index in [-0.39, 0.29) is 5.75 Å². The number of hydrogen-bond acceptors (Lipinski definition) is 3. The van der Waals surface area contributed by atoms with Crippen molar-refractivity contribution in [3.05, 3.63) is 66.2 Å². The number of phenolic OH excluding ortho intramolecular Hbond substituents is 1. The molecule has 0 aliphatic carbocycles. The van der Waals surface area contributed by atoms with Crippen molar-refractivity contribution in [1.29, 1.82) is 0 Å². The molecule has 106 valence electrons. The Labute approximate surface area is 128 Å². The van der Waals surface area contributed by atoms with Crippen LogP contribution in [0.25, 0.3) is 10.8 Å². The fourth-order valence-electron chi connectivity index (χ4n) is 2.37. The molecule has 0 unspecified atom stereocenters. The van der Waals surface area contributed by atoms with Crippen LogP contribution in [0.2, 0.25) is 0 Å². The second kappa shape index (κ2) is 6.10. The van der Waals surface area contributed by atoms with E-state index in [0.717, 1.165) is 21.4 Å². The Balaban J connectivity index is 1.99. The van der Waals surface area contributed by atoms with Gasteiger partial charge in [-0.15, -0.1) is 11.8 Å². The molecule has 0 aliphatic rings. The lowest BCUT2D eigenvalue weighted by Crippen LogP contribution is -1.88. The first-order valence-electron chi connectivity index (χ1n) is 6.75. The second-order valence-electron chi connectivity index (χ2n) is 4.75. The number of phenols is 1. The molecule has 3 heteroatoms. The van der Waals surface area contributed by atoms with Gasteiger partial charge in [0, 0.05) is 16.0 Å². The number of ether oxygens (including phenoxy) is 1. The van der Waals surface area contributed by atoms with E-state index in [4.69, 9.17) is 4.74 Å². The van der Waals surface area contributed by atoms with Crippen LogP contribution in [0.1, 0.15) is 5.56 Å². The first-order valence-corrected chi connectivity index (χ1v) is 7.73. The Morgan fingerprint density at radius 3 is 2.33 bits per heavy atom. The molecule has 0 saturated carbocycles. The van der Waals surface area contributed by atoms with E-state index in [1.54, 1.807) is 24.9 Å². The lowest BCUT2D eigenvalue weighted by molar-refractivity contribution is 0.377. The van der Waals surface area contributed by atoms with E-state index in [1.165, 1.54) is 5.56 Å². The van der Waals surface area contributed by atoms with Gasteiger partial charge in [-0.05, 0) is 17.0 Å². The molecule has 0 amide bonds. The Hall–Kier alpha value is -2.13. The Kier molecular flexibility index (Phi) is 4.02. The summed E-state index contributed by atoms with van der Waals surface area (Å²) in [5.74, 6) is 1.60. The predicted molar refractivity (Wildman–Crippen MR) is 88.2 cm³/mol. The zero-order valence-electron chi connectivity index (χ0n) is 11.7. The Morgan fingerprint density at radius 1 is 0.952 bits per heavy atom. The molecule has 0 aromatic heterocycles.